The van der Waals surface area contributed by atoms with Crippen molar-refractivity contribution < 1.29 is 28.8 Å². The summed E-state index contributed by atoms with van der Waals surface area (Å²) in [6.07, 6.45) is 0. The lowest BCUT2D eigenvalue weighted by Crippen LogP contribution is -2.05. The van der Waals surface area contributed by atoms with Crippen molar-refractivity contribution >= 4 is 0 Å². The van der Waals surface area contributed by atoms with Crippen molar-refractivity contribution in [2.24, 2.45) is 0 Å². The summed E-state index contributed by atoms with van der Waals surface area (Å²) in [7, 11) is 1.59. The molecular formula is C24H40O6. The summed E-state index contributed by atoms with van der Waals surface area (Å²) in [5.41, 5.74) is 1.56. The molecule has 172 valence electrons. The van der Waals surface area contributed by atoms with E-state index in [1.165, 1.54) is 0 Å². The molecule has 0 amide bonds. The van der Waals surface area contributed by atoms with Crippen LogP contribution in [-0.4, -0.2) is 32.0 Å². The Bertz CT molecular complexity index is 703. The molecule has 0 atom stereocenters. The van der Waals surface area contributed by atoms with Crippen LogP contribution in [0.25, 0.3) is 0 Å². The second-order valence-electron chi connectivity index (χ2n) is 5.64. The molecule has 0 radical (unpaired) electrons. The first-order chi connectivity index (χ1) is 13.2. The van der Waals surface area contributed by atoms with Crippen LogP contribution in [0.2, 0.25) is 0 Å². The summed E-state index contributed by atoms with van der Waals surface area (Å²) < 4.78 is 28.3. The fourth-order valence-corrected chi connectivity index (χ4v) is 2.61. The molecule has 0 fully saturated rings. The highest BCUT2D eigenvalue weighted by atomic mass is 16.5. The lowest BCUT2D eigenvalue weighted by atomic mass is 10.1. The van der Waals surface area contributed by atoms with Crippen molar-refractivity contribution in [3.8, 4) is 28.7 Å². The Kier molecular flexibility index (Phi) is 15.1. The standard InChI is InChI=1S/C21H28O6.3CH4/c1-5-24-19-10-15(11-20(25-6-2)21(19)26-7-3)14-27-18-12-17(23-4)9-8-16(18)13-22;;;/h8-12,22H,5-7,13-14H2,1-4H3;3*1H4. The minimum absolute atomic E-state index is 0. The average Bonchev–Trinajstić information content (AvgIpc) is 2.69. The Labute approximate surface area is 182 Å². The highest BCUT2D eigenvalue weighted by Gasteiger charge is 2.16. The highest BCUT2D eigenvalue weighted by Crippen LogP contribution is 2.39. The minimum atomic E-state index is -0.114. The SMILES string of the molecule is C.C.C.CCOc1cc(COc2cc(OC)ccc2CO)cc(OCC)c1OCC. The van der Waals surface area contributed by atoms with Crippen LogP contribution in [0.1, 0.15) is 54.2 Å². The third-order valence-corrected chi connectivity index (χ3v) is 3.81. The summed E-state index contributed by atoms with van der Waals surface area (Å²) in [5.74, 6) is 3.08. The largest absolute Gasteiger partial charge is 0.497 e. The van der Waals surface area contributed by atoms with Gasteiger partial charge in [0.15, 0.2) is 11.5 Å². The van der Waals surface area contributed by atoms with Gasteiger partial charge in [-0.3, -0.25) is 0 Å². The first kappa shape index (κ1) is 29.6. The highest BCUT2D eigenvalue weighted by molar-refractivity contribution is 5.54. The number of benzene rings is 2. The van der Waals surface area contributed by atoms with Crippen LogP contribution in [0.3, 0.4) is 0 Å². The van der Waals surface area contributed by atoms with E-state index in [1.807, 2.05) is 32.9 Å². The van der Waals surface area contributed by atoms with E-state index in [0.29, 0.717) is 54.1 Å². The summed E-state index contributed by atoms with van der Waals surface area (Å²) in [5, 5.41) is 9.53. The minimum Gasteiger partial charge on any atom is -0.497 e. The monoisotopic (exact) mass is 424 g/mol. The fraction of sp³-hybridized carbons (Fsp3) is 0.500. The van der Waals surface area contributed by atoms with E-state index in [4.69, 9.17) is 23.7 Å². The van der Waals surface area contributed by atoms with Crippen molar-refractivity contribution in [2.45, 2.75) is 56.3 Å². The first-order valence-electron chi connectivity index (χ1n) is 9.12. The molecule has 0 unspecified atom stereocenters. The van der Waals surface area contributed by atoms with E-state index < -0.39 is 0 Å². The Hall–Kier alpha value is -2.60. The van der Waals surface area contributed by atoms with Crippen molar-refractivity contribution in [3.63, 3.8) is 0 Å². The quantitative estimate of drug-likeness (QED) is 0.486. The van der Waals surface area contributed by atoms with Gasteiger partial charge in [-0.1, -0.05) is 22.3 Å². The van der Waals surface area contributed by atoms with Gasteiger partial charge in [0.05, 0.1) is 33.5 Å². The number of aliphatic hydroxyl groups excluding tert-OH is 1. The van der Waals surface area contributed by atoms with E-state index in [1.54, 1.807) is 25.3 Å². The number of rotatable bonds is 11. The van der Waals surface area contributed by atoms with Gasteiger partial charge in [-0.15, -0.1) is 0 Å². The van der Waals surface area contributed by atoms with E-state index in [-0.39, 0.29) is 35.5 Å². The Morgan fingerprint density at radius 1 is 0.733 bits per heavy atom. The predicted octanol–water partition coefficient (Wildman–Crippen LogP) is 5.87. The molecule has 6 nitrogen and oxygen atoms in total. The van der Waals surface area contributed by atoms with Gasteiger partial charge in [0.2, 0.25) is 5.75 Å². The Balaban J connectivity index is 0. The maximum atomic E-state index is 9.53. The lowest BCUT2D eigenvalue weighted by Gasteiger charge is -2.18. The molecule has 2 aromatic rings. The molecule has 0 heterocycles. The molecule has 0 aromatic heterocycles. The Morgan fingerprint density at radius 3 is 1.77 bits per heavy atom. The van der Waals surface area contributed by atoms with Gasteiger partial charge in [-0.25, -0.2) is 0 Å². The molecule has 0 saturated heterocycles. The van der Waals surface area contributed by atoms with Crippen molar-refractivity contribution in [1.82, 2.24) is 0 Å². The van der Waals surface area contributed by atoms with E-state index >= 15 is 0 Å². The normalized spacial score (nSPS) is 9.37. The molecule has 2 rings (SSSR count). The summed E-state index contributed by atoms with van der Waals surface area (Å²) in [6, 6.07) is 9.10. The van der Waals surface area contributed by atoms with Crippen molar-refractivity contribution in [3.05, 3.63) is 41.5 Å². The number of ether oxygens (including phenoxy) is 5. The summed E-state index contributed by atoms with van der Waals surface area (Å²) in [4.78, 5) is 0. The van der Waals surface area contributed by atoms with Gasteiger partial charge in [0.1, 0.15) is 18.1 Å². The number of hydrogen-bond acceptors (Lipinski definition) is 6. The zero-order valence-corrected chi connectivity index (χ0v) is 16.4. The Morgan fingerprint density at radius 2 is 1.30 bits per heavy atom. The number of hydrogen-bond donors (Lipinski definition) is 1. The van der Waals surface area contributed by atoms with Crippen LogP contribution in [0.4, 0.5) is 0 Å². The molecule has 6 heteroatoms. The second-order valence-corrected chi connectivity index (χ2v) is 5.64. The van der Waals surface area contributed by atoms with Gasteiger partial charge in [-0.05, 0) is 50.6 Å². The zero-order chi connectivity index (χ0) is 19.6. The molecule has 2 aromatic carbocycles. The molecule has 0 spiro atoms. The predicted molar refractivity (Wildman–Crippen MR) is 123 cm³/mol. The van der Waals surface area contributed by atoms with Crippen LogP contribution in [0.5, 0.6) is 28.7 Å². The maximum Gasteiger partial charge on any atom is 0.203 e. The molecule has 30 heavy (non-hydrogen) atoms. The van der Waals surface area contributed by atoms with Crippen LogP contribution in [-0.2, 0) is 13.2 Å². The van der Waals surface area contributed by atoms with E-state index in [0.717, 1.165) is 5.56 Å². The lowest BCUT2D eigenvalue weighted by molar-refractivity contribution is 0.251. The molecule has 0 bridgehead atoms. The third kappa shape index (κ3) is 7.67. The fourth-order valence-electron chi connectivity index (χ4n) is 2.61. The van der Waals surface area contributed by atoms with Gasteiger partial charge in [0.25, 0.3) is 0 Å². The topological polar surface area (TPSA) is 66.4 Å². The molecule has 1 N–H and O–H groups in total. The summed E-state index contributed by atoms with van der Waals surface area (Å²) in [6.45, 7) is 7.47. The van der Waals surface area contributed by atoms with Gasteiger partial charge in [-0.2, -0.15) is 0 Å². The van der Waals surface area contributed by atoms with Crippen LogP contribution >= 0.6 is 0 Å². The van der Waals surface area contributed by atoms with E-state index in [2.05, 4.69) is 0 Å². The average molecular weight is 425 g/mol. The second kappa shape index (κ2) is 15.3. The van der Waals surface area contributed by atoms with Gasteiger partial charge in [0, 0.05) is 11.6 Å². The van der Waals surface area contributed by atoms with Crippen LogP contribution in [0.15, 0.2) is 30.3 Å². The summed E-state index contributed by atoms with van der Waals surface area (Å²) >= 11 is 0. The number of methoxy groups -OCH3 is 1. The molecule has 0 aliphatic heterocycles. The molecular weight excluding hydrogens is 384 g/mol. The van der Waals surface area contributed by atoms with E-state index in [9.17, 15) is 5.11 Å². The zero-order valence-electron chi connectivity index (χ0n) is 16.4. The van der Waals surface area contributed by atoms with Crippen LogP contribution in [0, 0.1) is 0 Å². The number of aliphatic hydroxyl groups is 1. The van der Waals surface area contributed by atoms with Gasteiger partial charge < -0.3 is 28.8 Å². The maximum absolute atomic E-state index is 9.53. The molecule has 0 aliphatic rings. The molecule has 0 saturated carbocycles. The van der Waals surface area contributed by atoms with Crippen molar-refractivity contribution in [1.29, 1.82) is 0 Å². The van der Waals surface area contributed by atoms with Gasteiger partial charge >= 0.3 is 0 Å². The third-order valence-electron chi connectivity index (χ3n) is 3.81. The smallest absolute Gasteiger partial charge is 0.203 e. The van der Waals surface area contributed by atoms with Crippen molar-refractivity contribution in [2.75, 3.05) is 26.9 Å². The van der Waals surface area contributed by atoms with Crippen LogP contribution < -0.4 is 23.7 Å². The molecule has 0 aliphatic carbocycles. The first-order valence-corrected chi connectivity index (χ1v) is 9.12.